The zero-order chi connectivity index (χ0) is 11.2. The third kappa shape index (κ3) is 8.52. The molecular weight excluding hydrogens is 176 g/mol. The molecule has 0 fully saturated rings. The van der Waals surface area contributed by atoms with Crippen LogP contribution in [0, 0.1) is 0 Å². The summed E-state index contributed by atoms with van der Waals surface area (Å²) in [7, 11) is 0. The van der Waals surface area contributed by atoms with Crippen molar-refractivity contribution < 1.29 is 10.2 Å². The first-order valence-electron chi connectivity index (χ1n) is 5.71. The zero-order valence-corrected chi connectivity index (χ0v) is 10.1. The van der Waals surface area contributed by atoms with Gasteiger partial charge in [0.05, 0.1) is 11.2 Å². The Labute approximate surface area is 88.3 Å². The number of rotatable bonds is 7. The van der Waals surface area contributed by atoms with Crippen LogP contribution in [-0.4, -0.2) is 21.4 Å². The van der Waals surface area contributed by atoms with Gasteiger partial charge in [0.2, 0.25) is 0 Å². The van der Waals surface area contributed by atoms with Crippen molar-refractivity contribution in [2.45, 2.75) is 77.4 Å². The summed E-state index contributed by atoms with van der Waals surface area (Å²) in [6, 6.07) is 0. The molecule has 2 N–H and O–H groups in total. The summed E-state index contributed by atoms with van der Waals surface area (Å²) < 4.78 is 0. The predicted octanol–water partition coefficient (Wildman–Crippen LogP) is 2.87. The highest BCUT2D eigenvalue weighted by Gasteiger charge is 2.23. The largest absolute Gasteiger partial charge is 0.390 e. The normalized spacial score (nSPS) is 16.7. The first-order valence-corrected chi connectivity index (χ1v) is 5.71. The van der Waals surface area contributed by atoms with Gasteiger partial charge >= 0.3 is 0 Å². The summed E-state index contributed by atoms with van der Waals surface area (Å²) in [5, 5.41) is 19.5. The molecule has 0 amide bonds. The van der Waals surface area contributed by atoms with E-state index in [1.807, 2.05) is 6.92 Å². The smallest absolute Gasteiger partial charge is 0.0620 e. The molecule has 86 valence electrons. The van der Waals surface area contributed by atoms with Crippen LogP contribution in [0.2, 0.25) is 0 Å². The van der Waals surface area contributed by atoms with Gasteiger partial charge in [0.1, 0.15) is 0 Å². The van der Waals surface area contributed by atoms with E-state index in [2.05, 4.69) is 6.92 Å². The monoisotopic (exact) mass is 202 g/mol. The van der Waals surface area contributed by atoms with Gasteiger partial charge < -0.3 is 10.2 Å². The molecule has 2 nitrogen and oxygen atoms in total. The fourth-order valence-electron chi connectivity index (χ4n) is 1.46. The maximum atomic E-state index is 9.99. The van der Waals surface area contributed by atoms with Crippen LogP contribution >= 0.6 is 0 Å². The van der Waals surface area contributed by atoms with E-state index in [0.29, 0.717) is 12.8 Å². The quantitative estimate of drug-likeness (QED) is 0.623. The Morgan fingerprint density at radius 1 is 0.857 bits per heavy atom. The van der Waals surface area contributed by atoms with Crippen molar-refractivity contribution >= 4 is 0 Å². The molecule has 0 spiro atoms. The first-order chi connectivity index (χ1) is 6.27. The van der Waals surface area contributed by atoms with E-state index in [1.54, 1.807) is 13.8 Å². The molecule has 0 aromatic heterocycles. The van der Waals surface area contributed by atoms with Crippen LogP contribution in [0.15, 0.2) is 0 Å². The summed E-state index contributed by atoms with van der Waals surface area (Å²) in [5.41, 5.74) is -1.26. The van der Waals surface area contributed by atoms with Crippen LogP contribution in [0.4, 0.5) is 0 Å². The molecule has 2 heteroatoms. The van der Waals surface area contributed by atoms with Crippen molar-refractivity contribution in [2.75, 3.05) is 0 Å². The van der Waals surface area contributed by atoms with E-state index < -0.39 is 11.2 Å². The Morgan fingerprint density at radius 3 is 1.86 bits per heavy atom. The van der Waals surface area contributed by atoms with Gasteiger partial charge in [0.15, 0.2) is 0 Å². The lowest BCUT2D eigenvalue weighted by Gasteiger charge is -2.27. The molecule has 0 radical (unpaired) electrons. The van der Waals surface area contributed by atoms with Crippen molar-refractivity contribution in [3.63, 3.8) is 0 Å². The molecular formula is C12H26O2. The highest BCUT2D eigenvalue weighted by molar-refractivity contribution is 4.77. The number of hydrogen-bond acceptors (Lipinski definition) is 2. The standard InChI is InChI=1S/C12H26O2/c1-5-6-7-8-12(4,14)10-9-11(2,3)13/h13-14H,5-10H2,1-4H3. The second-order valence-corrected chi connectivity index (χ2v) is 5.27. The van der Waals surface area contributed by atoms with E-state index in [9.17, 15) is 10.2 Å². The number of aliphatic hydroxyl groups is 2. The summed E-state index contributed by atoms with van der Waals surface area (Å²) in [4.78, 5) is 0. The molecule has 0 aliphatic heterocycles. The number of hydrogen-bond donors (Lipinski definition) is 2. The van der Waals surface area contributed by atoms with Crippen molar-refractivity contribution in [3.8, 4) is 0 Å². The van der Waals surface area contributed by atoms with Gasteiger partial charge in [0.25, 0.3) is 0 Å². The molecule has 0 aliphatic rings. The molecule has 0 aromatic rings. The maximum Gasteiger partial charge on any atom is 0.0620 e. The fourth-order valence-corrected chi connectivity index (χ4v) is 1.46. The molecule has 0 aliphatic carbocycles. The second-order valence-electron chi connectivity index (χ2n) is 5.27. The third-order valence-electron chi connectivity index (χ3n) is 2.59. The van der Waals surface area contributed by atoms with Gasteiger partial charge in [-0.2, -0.15) is 0 Å². The molecule has 1 atom stereocenters. The third-order valence-corrected chi connectivity index (χ3v) is 2.59. The second kappa shape index (κ2) is 5.72. The van der Waals surface area contributed by atoms with E-state index in [4.69, 9.17) is 0 Å². The van der Waals surface area contributed by atoms with E-state index in [-0.39, 0.29) is 0 Å². The van der Waals surface area contributed by atoms with Gasteiger partial charge in [-0.15, -0.1) is 0 Å². The van der Waals surface area contributed by atoms with E-state index in [0.717, 1.165) is 12.8 Å². The Hall–Kier alpha value is -0.0800. The minimum Gasteiger partial charge on any atom is -0.390 e. The van der Waals surface area contributed by atoms with Crippen LogP contribution in [0.25, 0.3) is 0 Å². The van der Waals surface area contributed by atoms with Crippen LogP contribution in [0.1, 0.15) is 66.2 Å². The van der Waals surface area contributed by atoms with Crippen molar-refractivity contribution in [3.05, 3.63) is 0 Å². The van der Waals surface area contributed by atoms with Gasteiger partial charge in [-0.3, -0.25) is 0 Å². The van der Waals surface area contributed by atoms with Crippen LogP contribution in [0.3, 0.4) is 0 Å². The van der Waals surface area contributed by atoms with Gasteiger partial charge in [-0.25, -0.2) is 0 Å². The highest BCUT2D eigenvalue weighted by atomic mass is 16.3. The van der Waals surface area contributed by atoms with Gasteiger partial charge in [-0.1, -0.05) is 26.2 Å². The average molecular weight is 202 g/mol. The molecule has 0 saturated heterocycles. The molecule has 1 unspecified atom stereocenters. The maximum absolute atomic E-state index is 9.99. The van der Waals surface area contributed by atoms with Crippen LogP contribution in [-0.2, 0) is 0 Å². The molecule has 0 rings (SSSR count). The molecule has 0 aromatic carbocycles. The topological polar surface area (TPSA) is 40.5 Å². The summed E-state index contributed by atoms with van der Waals surface area (Å²) in [6.07, 6.45) is 5.62. The fraction of sp³-hybridized carbons (Fsp3) is 1.00. The van der Waals surface area contributed by atoms with E-state index >= 15 is 0 Å². The molecule has 0 saturated carbocycles. The minimum atomic E-state index is -0.658. The van der Waals surface area contributed by atoms with Crippen molar-refractivity contribution in [2.24, 2.45) is 0 Å². The average Bonchev–Trinajstić information content (AvgIpc) is 2.00. The summed E-state index contributed by atoms with van der Waals surface area (Å²) >= 11 is 0. The lowest BCUT2D eigenvalue weighted by Crippen LogP contribution is -2.29. The van der Waals surface area contributed by atoms with Crippen LogP contribution in [0.5, 0.6) is 0 Å². The molecule has 0 heterocycles. The summed E-state index contributed by atoms with van der Waals surface area (Å²) in [6.45, 7) is 7.60. The Balaban J connectivity index is 3.72. The van der Waals surface area contributed by atoms with Crippen molar-refractivity contribution in [1.82, 2.24) is 0 Å². The molecule has 0 bridgehead atoms. The summed E-state index contributed by atoms with van der Waals surface area (Å²) in [5.74, 6) is 0. The van der Waals surface area contributed by atoms with Gasteiger partial charge in [0, 0.05) is 0 Å². The van der Waals surface area contributed by atoms with E-state index in [1.165, 1.54) is 12.8 Å². The van der Waals surface area contributed by atoms with Crippen molar-refractivity contribution in [1.29, 1.82) is 0 Å². The van der Waals surface area contributed by atoms with Gasteiger partial charge in [-0.05, 0) is 40.0 Å². The highest BCUT2D eigenvalue weighted by Crippen LogP contribution is 2.23. The minimum absolute atomic E-state index is 0.602. The zero-order valence-electron chi connectivity index (χ0n) is 10.1. The first kappa shape index (κ1) is 13.9. The Morgan fingerprint density at radius 2 is 1.43 bits per heavy atom. The lowest BCUT2D eigenvalue weighted by molar-refractivity contribution is -0.000115. The SMILES string of the molecule is CCCCCC(C)(O)CCC(C)(C)O. The lowest BCUT2D eigenvalue weighted by atomic mass is 9.89. The molecule has 14 heavy (non-hydrogen) atoms. The Bertz CT molecular complexity index is 145. The Kier molecular flexibility index (Phi) is 5.68. The number of unbranched alkanes of at least 4 members (excludes halogenated alkanes) is 2. The van der Waals surface area contributed by atoms with Crippen LogP contribution < -0.4 is 0 Å². The predicted molar refractivity (Wildman–Crippen MR) is 60.3 cm³/mol.